The van der Waals surface area contributed by atoms with Crippen LogP contribution in [0, 0.1) is 0 Å². The molecule has 0 aliphatic heterocycles. The van der Waals surface area contributed by atoms with Crippen LogP contribution in [0.3, 0.4) is 0 Å². The third-order valence-electron chi connectivity index (χ3n) is 5.34. The Labute approximate surface area is 188 Å². The maximum absolute atomic E-state index is 12.3. The minimum absolute atomic E-state index is 0.0503. The van der Waals surface area contributed by atoms with Crippen molar-refractivity contribution in [2.75, 3.05) is 5.32 Å². The van der Waals surface area contributed by atoms with Gasteiger partial charge in [-0.05, 0) is 68.4 Å². The molecular formula is C25H21N5O3. The maximum atomic E-state index is 12.3. The summed E-state index contributed by atoms with van der Waals surface area (Å²) in [5.41, 5.74) is 4.12. The number of H-pyrrole nitrogens is 1. The second-order valence-corrected chi connectivity index (χ2v) is 7.95. The number of carbonyl (C=O) groups is 1. The SMILES string of the molecule is CC(C)n1c(=O)[nH]c2cc(-c3noc(-c4ccc(NC(=O)c5ccccc5)cc4)n3)ccc21. The fraction of sp³-hybridized carbons (Fsp3) is 0.120. The van der Waals surface area contributed by atoms with Crippen molar-refractivity contribution in [3.63, 3.8) is 0 Å². The summed E-state index contributed by atoms with van der Waals surface area (Å²) >= 11 is 0. The molecule has 0 spiro atoms. The first-order valence-electron chi connectivity index (χ1n) is 10.5. The van der Waals surface area contributed by atoms with Crippen LogP contribution in [0.2, 0.25) is 0 Å². The molecule has 0 bridgehead atoms. The van der Waals surface area contributed by atoms with Gasteiger partial charge in [0.25, 0.3) is 11.8 Å². The van der Waals surface area contributed by atoms with E-state index in [1.54, 1.807) is 41.0 Å². The minimum atomic E-state index is -0.178. The van der Waals surface area contributed by atoms with Crippen molar-refractivity contribution in [3.8, 4) is 22.8 Å². The lowest BCUT2D eigenvalue weighted by Gasteiger charge is -2.06. The van der Waals surface area contributed by atoms with Crippen LogP contribution in [0.4, 0.5) is 5.69 Å². The van der Waals surface area contributed by atoms with Gasteiger partial charge in [0.1, 0.15) is 0 Å². The van der Waals surface area contributed by atoms with Crippen molar-refractivity contribution in [1.29, 1.82) is 0 Å². The zero-order valence-corrected chi connectivity index (χ0v) is 18.1. The molecule has 0 radical (unpaired) electrons. The van der Waals surface area contributed by atoms with Gasteiger partial charge in [-0.15, -0.1) is 0 Å². The Hall–Kier alpha value is -4.46. The highest BCUT2D eigenvalue weighted by atomic mass is 16.5. The van der Waals surface area contributed by atoms with Crippen LogP contribution in [0.25, 0.3) is 33.9 Å². The first-order valence-corrected chi connectivity index (χ1v) is 10.5. The minimum Gasteiger partial charge on any atom is -0.334 e. The van der Waals surface area contributed by atoms with Crippen molar-refractivity contribution in [2.45, 2.75) is 19.9 Å². The third-order valence-corrected chi connectivity index (χ3v) is 5.34. The summed E-state index contributed by atoms with van der Waals surface area (Å²) in [4.78, 5) is 31.9. The molecule has 2 heterocycles. The number of carbonyl (C=O) groups excluding carboxylic acids is 1. The number of aromatic nitrogens is 4. The monoisotopic (exact) mass is 439 g/mol. The van der Waals surface area contributed by atoms with E-state index in [0.717, 1.165) is 22.2 Å². The molecule has 3 aromatic carbocycles. The highest BCUT2D eigenvalue weighted by Gasteiger charge is 2.15. The number of rotatable bonds is 5. The fourth-order valence-electron chi connectivity index (χ4n) is 3.73. The summed E-state index contributed by atoms with van der Waals surface area (Å²) in [5.74, 6) is 0.605. The number of nitrogens with zero attached hydrogens (tertiary/aromatic N) is 3. The van der Waals surface area contributed by atoms with Crippen LogP contribution in [0.5, 0.6) is 0 Å². The summed E-state index contributed by atoms with van der Waals surface area (Å²) in [6, 6.07) is 21.8. The van der Waals surface area contributed by atoms with Gasteiger partial charge in [-0.25, -0.2) is 4.79 Å². The van der Waals surface area contributed by atoms with Crippen LogP contribution in [0.1, 0.15) is 30.2 Å². The largest absolute Gasteiger partial charge is 0.334 e. The molecular weight excluding hydrogens is 418 g/mol. The average molecular weight is 439 g/mol. The predicted molar refractivity (Wildman–Crippen MR) is 126 cm³/mol. The second kappa shape index (κ2) is 8.23. The highest BCUT2D eigenvalue weighted by Crippen LogP contribution is 2.26. The first-order chi connectivity index (χ1) is 16.0. The number of hydrogen-bond acceptors (Lipinski definition) is 5. The molecule has 0 atom stereocenters. The number of fused-ring (bicyclic) bond motifs is 1. The molecule has 8 heteroatoms. The molecule has 5 rings (SSSR count). The number of anilines is 1. The number of benzene rings is 3. The van der Waals surface area contributed by atoms with Crippen LogP contribution in [-0.4, -0.2) is 25.6 Å². The van der Waals surface area contributed by atoms with E-state index in [1.807, 2.05) is 50.2 Å². The lowest BCUT2D eigenvalue weighted by atomic mass is 10.1. The topological polar surface area (TPSA) is 106 Å². The number of imidazole rings is 1. The van der Waals surface area contributed by atoms with Crippen molar-refractivity contribution in [3.05, 3.63) is 88.8 Å². The predicted octanol–water partition coefficient (Wildman–Crippen LogP) is 4.88. The molecule has 5 aromatic rings. The lowest BCUT2D eigenvalue weighted by molar-refractivity contribution is 0.102. The second-order valence-electron chi connectivity index (χ2n) is 7.95. The van der Waals surface area contributed by atoms with Crippen molar-refractivity contribution in [2.24, 2.45) is 0 Å². The van der Waals surface area contributed by atoms with E-state index in [2.05, 4.69) is 20.4 Å². The molecule has 2 N–H and O–H groups in total. The first kappa shape index (κ1) is 20.4. The van der Waals surface area contributed by atoms with E-state index < -0.39 is 0 Å². The van der Waals surface area contributed by atoms with E-state index in [9.17, 15) is 9.59 Å². The van der Waals surface area contributed by atoms with Gasteiger partial charge in [-0.3, -0.25) is 9.36 Å². The molecule has 8 nitrogen and oxygen atoms in total. The standard InChI is InChI=1S/C25H21N5O3/c1-15(2)30-21-13-10-18(14-20(21)27-25(30)32)22-28-24(33-29-22)17-8-11-19(12-9-17)26-23(31)16-6-4-3-5-7-16/h3-15H,1-2H3,(H,26,31)(H,27,32). The van der Waals surface area contributed by atoms with E-state index in [1.165, 1.54) is 0 Å². The van der Waals surface area contributed by atoms with Crippen molar-refractivity contribution in [1.82, 2.24) is 19.7 Å². The van der Waals surface area contributed by atoms with Crippen molar-refractivity contribution < 1.29 is 9.32 Å². The van der Waals surface area contributed by atoms with E-state index >= 15 is 0 Å². The number of aromatic amines is 1. The summed E-state index contributed by atoms with van der Waals surface area (Å²) in [7, 11) is 0. The van der Waals surface area contributed by atoms with Gasteiger partial charge in [0, 0.05) is 28.4 Å². The number of nitrogens with one attached hydrogen (secondary N) is 2. The number of hydrogen-bond donors (Lipinski definition) is 2. The molecule has 1 amide bonds. The number of amides is 1. The fourth-order valence-corrected chi connectivity index (χ4v) is 3.73. The molecule has 0 saturated carbocycles. The quantitative estimate of drug-likeness (QED) is 0.406. The molecule has 2 aromatic heterocycles. The van der Waals surface area contributed by atoms with Crippen LogP contribution < -0.4 is 11.0 Å². The van der Waals surface area contributed by atoms with Crippen LogP contribution in [0.15, 0.2) is 82.1 Å². The van der Waals surface area contributed by atoms with E-state index in [-0.39, 0.29) is 17.6 Å². The Balaban J connectivity index is 1.36. The maximum Gasteiger partial charge on any atom is 0.326 e. The Kier molecular flexibility index (Phi) is 5.10. The van der Waals surface area contributed by atoms with Gasteiger partial charge in [0.2, 0.25) is 5.82 Å². The van der Waals surface area contributed by atoms with Gasteiger partial charge in [0.15, 0.2) is 0 Å². The third kappa shape index (κ3) is 3.94. The van der Waals surface area contributed by atoms with Gasteiger partial charge < -0.3 is 14.8 Å². The molecule has 0 unspecified atom stereocenters. The molecule has 0 aliphatic rings. The van der Waals surface area contributed by atoms with E-state index in [0.29, 0.717) is 23.0 Å². The Morgan fingerprint density at radius 1 is 1.00 bits per heavy atom. The summed E-state index contributed by atoms with van der Waals surface area (Å²) in [6.45, 7) is 3.93. The summed E-state index contributed by atoms with van der Waals surface area (Å²) < 4.78 is 7.16. The van der Waals surface area contributed by atoms with E-state index in [4.69, 9.17) is 4.52 Å². The molecule has 164 valence electrons. The van der Waals surface area contributed by atoms with Crippen LogP contribution >= 0.6 is 0 Å². The Bertz CT molecular complexity index is 1490. The van der Waals surface area contributed by atoms with Gasteiger partial charge in [0.05, 0.1) is 11.0 Å². The Morgan fingerprint density at radius 2 is 1.73 bits per heavy atom. The molecule has 0 aliphatic carbocycles. The summed E-state index contributed by atoms with van der Waals surface area (Å²) in [5, 5.41) is 6.95. The molecule has 0 saturated heterocycles. The normalized spacial score (nSPS) is 11.2. The molecule has 0 fully saturated rings. The smallest absolute Gasteiger partial charge is 0.326 e. The zero-order chi connectivity index (χ0) is 22.9. The highest BCUT2D eigenvalue weighted by molar-refractivity contribution is 6.04. The summed E-state index contributed by atoms with van der Waals surface area (Å²) in [6.07, 6.45) is 0. The molecule has 33 heavy (non-hydrogen) atoms. The van der Waals surface area contributed by atoms with Gasteiger partial charge in [-0.2, -0.15) is 4.98 Å². The van der Waals surface area contributed by atoms with Gasteiger partial charge in [-0.1, -0.05) is 23.4 Å². The van der Waals surface area contributed by atoms with Gasteiger partial charge >= 0.3 is 5.69 Å². The Morgan fingerprint density at radius 3 is 2.45 bits per heavy atom. The van der Waals surface area contributed by atoms with Crippen molar-refractivity contribution >= 4 is 22.6 Å². The average Bonchev–Trinajstić information content (AvgIpc) is 3.43. The van der Waals surface area contributed by atoms with Crippen LogP contribution in [-0.2, 0) is 0 Å². The lowest BCUT2D eigenvalue weighted by Crippen LogP contribution is -2.18. The zero-order valence-electron chi connectivity index (χ0n) is 18.1.